The van der Waals surface area contributed by atoms with Crippen molar-refractivity contribution in [3.63, 3.8) is 0 Å². The van der Waals surface area contributed by atoms with Crippen LogP contribution in [0.25, 0.3) is 0 Å². The number of hydrogen-bond donors (Lipinski definition) is 1. The van der Waals surface area contributed by atoms with Gasteiger partial charge >= 0.3 is 0 Å². The van der Waals surface area contributed by atoms with Crippen LogP contribution in [0.2, 0.25) is 0 Å². The van der Waals surface area contributed by atoms with Gasteiger partial charge in [0, 0.05) is 30.4 Å². The average Bonchev–Trinajstić information content (AvgIpc) is 3.23. The molecule has 1 heterocycles. The van der Waals surface area contributed by atoms with Gasteiger partial charge in [0.2, 0.25) is 5.91 Å². The molecule has 2 aliphatic rings. The first-order valence-electron chi connectivity index (χ1n) is 10.6. The summed E-state index contributed by atoms with van der Waals surface area (Å²) in [5.41, 5.74) is 3.38. The standard InChI is InChI=1S/C24H30N2O2/c1-18-6-10-21(11-7-18)26-16-14-19(15-17-26)24(27)25-20-8-12-23(13-9-20)28-22-4-2-3-5-22/h6-13,19,22H,2-5,14-17H2,1H3,(H,25,27). The SMILES string of the molecule is Cc1ccc(N2CCC(C(=O)Nc3ccc(OC4CCCC4)cc3)CC2)cc1. The molecule has 1 amide bonds. The van der Waals surface area contributed by atoms with Gasteiger partial charge in [0.05, 0.1) is 6.10 Å². The first kappa shape index (κ1) is 18.9. The molecule has 2 aromatic rings. The minimum atomic E-state index is 0.0797. The van der Waals surface area contributed by atoms with Crippen LogP contribution in [0.15, 0.2) is 48.5 Å². The Kier molecular flexibility index (Phi) is 5.84. The van der Waals surface area contributed by atoms with E-state index in [4.69, 9.17) is 4.74 Å². The van der Waals surface area contributed by atoms with Crippen LogP contribution in [0, 0.1) is 12.8 Å². The van der Waals surface area contributed by atoms with Gasteiger partial charge in [-0.05, 0) is 81.8 Å². The number of carbonyl (C=O) groups excluding carboxylic acids is 1. The zero-order valence-corrected chi connectivity index (χ0v) is 16.7. The van der Waals surface area contributed by atoms with Crippen molar-refractivity contribution in [1.82, 2.24) is 0 Å². The molecular formula is C24H30N2O2. The van der Waals surface area contributed by atoms with Gasteiger partial charge in [-0.25, -0.2) is 0 Å². The van der Waals surface area contributed by atoms with E-state index in [0.29, 0.717) is 6.10 Å². The molecule has 1 saturated carbocycles. The fourth-order valence-electron chi connectivity index (χ4n) is 4.22. The Hall–Kier alpha value is -2.49. The summed E-state index contributed by atoms with van der Waals surface area (Å²) < 4.78 is 5.99. The van der Waals surface area contributed by atoms with Gasteiger partial charge in [-0.3, -0.25) is 4.79 Å². The summed E-state index contributed by atoms with van der Waals surface area (Å²) in [7, 11) is 0. The fourth-order valence-corrected chi connectivity index (χ4v) is 4.22. The predicted molar refractivity (Wildman–Crippen MR) is 114 cm³/mol. The number of nitrogens with one attached hydrogen (secondary N) is 1. The smallest absolute Gasteiger partial charge is 0.227 e. The molecule has 0 radical (unpaired) electrons. The normalized spacial score (nSPS) is 18.2. The van der Waals surface area contributed by atoms with E-state index in [0.717, 1.165) is 50.2 Å². The van der Waals surface area contributed by atoms with Crippen molar-refractivity contribution < 1.29 is 9.53 Å². The third kappa shape index (κ3) is 4.67. The van der Waals surface area contributed by atoms with E-state index >= 15 is 0 Å². The molecule has 2 fully saturated rings. The molecule has 2 aromatic carbocycles. The maximum atomic E-state index is 12.7. The van der Waals surface area contributed by atoms with E-state index in [-0.39, 0.29) is 11.8 Å². The quantitative estimate of drug-likeness (QED) is 0.780. The van der Waals surface area contributed by atoms with Gasteiger partial charge in [-0.15, -0.1) is 0 Å². The van der Waals surface area contributed by atoms with Gasteiger partial charge in [-0.1, -0.05) is 17.7 Å². The van der Waals surface area contributed by atoms with E-state index in [9.17, 15) is 4.79 Å². The second-order valence-electron chi connectivity index (χ2n) is 8.13. The van der Waals surface area contributed by atoms with E-state index in [1.54, 1.807) is 0 Å². The summed E-state index contributed by atoms with van der Waals surface area (Å²) in [5, 5.41) is 3.08. The first-order valence-corrected chi connectivity index (χ1v) is 10.6. The van der Waals surface area contributed by atoms with Crippen LogP contribution in [0.4, 0.5) is 11.4 Å². The molecule has 1 saturated heterocycles. The summed E-state index contributed by atoms with van der Waals surface area (Å²) in [4.78, 5) is 15.0. The zero-order chi connectivity index (χ0) is 19.3. The maximum absolute atomic E-state index is 12.7. The number of carbonyl (C=O) groups is 1. The number of piperidine rings is 1. The fraction of sp³-hybridized carbons (Fsp3) is 0.458. The maximum Gasteiger partial charge on any atom is 0.227 e. The Morgan fingerprint density at radius 3 is 2.21 bits per heavy atom. The Morgan fingerprint density at radius 2 is 1.57 bits per heavy atom. The molecule has 0 atom stereocenters. The minimum absolute atomic E-state index is 0.0797. The molecule has 4 heteroatoms. The van der Waals surface area contributed by atoms with Crippen molar-refractivity contribution in [1.29, 1.82) is 0 Å². The highest BCUT2D eigenvalue weighted by molar-refractivity contribution is 5.92. The number of anilines is 2. The summed E-state index contributed by atoms with van der Waals surface area (Å²) in [6.07, 6.45) is 6.98. The lowest BCUT2D eigenvalue weighted by atomic mass is 9.95. The van der Waals surface area contributed by atoms with Gasteiger partial charge in [0.25, 0.3) is 0 Å². The Morgan fingerprint density at radius 1 is 0.929 bits per heavy atom. The third-order valence-corrected chi connectivity index (χ3v) is 5.99. The molecule has 1 aliphatic carbocycles. The van der Waals surface area contributed by atoms with Crippen LogP contribution < -0.4 is 15.0 Å². The van der Waals surface area contributed by atoms with Crippen molar-refractivity contribution in [3.8, 4) is 5.75 Å². The van der Waals surface area contributed by atoms with Crippen molar-refractivity contribution in [3.05, 3.63) is 54.1 Å². The summed E-state index contributed by atoms with van der Waals surface area (Å²) in [5.74, 6) is 1.11. The second-order valence-corrected chi connectivity index (χ2v) is 8.13. The lowest BCUT2D eigenvalue weighted by Crippen LogP contribution is -2.38. The summed E-state index contributed by atoms with van der Waals surface area (Å²) in [6.45, 7) is 3.96. The molecule has 1 N–H and O–H groups in total. The van der Waals surface area contributed by atoms with Crippen LogP contribution in [-0.4, -0.2) is 25.1 Å². The molecule has 0 unspecified atom stereocenters. The van der Waals surface area contributed by atoms with Crippen molar-refractivity contribution in [2.75, 3.05) is 23.3 Å². The number of ether oxygens (including phenoxy) is 1. The molecule has 0 spiro atoms. The summed E-state index contributed by atoms with van der Waals surface area (Å²) in [6, 6.07) is 16.5. The molecule has 148 valence electrons. The van der Waals surface area contributed by atoms with Gasteiger partial charge < -0.3 is 15.0 Å². The highest BCUT2D eigenvalue weighted by Crippen LogP contribution is 2.27. The summed E-state index contributed by atoms with van der Waals surface area (Å²) >= 11 is 0. The predicted octanol–water partition coefficient (Wildman–Crippen LogP) is 5.17. The third-order valence-electron chi connectivity index (χ3n) is 5.99. The molecule has 4 rings (SSSR count). The number of nitrogens with zero attached hydrogens (tertiary/aromatic N) is 1. The largest absolute Gasteiger partial charge is 0.490 e. The molecule has 0 bridgehead atoms. The van der Waals surface area contributed by atoms with Crippen molar-refractivity contribution >= 4 is 17.3 Å². The zero-order valence-electron chi connectivity index (χ0n) is 16.7. The van der Waals surface area contributed by atoms with Gasteiger partial charge in [0.15, 0.2) is 0 Å². The van der Waals surface area contributed by atoms with E-state index in [1.807, 2.05) is 24.3 Å². The molecule has 0 aromatic heterocycles. The monoisotopic (exact) mass is 378 g/mol. The van der Waals surface area contributed by atoms with E-state index < -0.39 is 0 Å². The Balaban J connectivity index is 1.26. The highest BCUT2D eigenvalue weighted by atomic mass is 16.5. The van der Waals surface area contributed by atoms with Gasteiger partial charge in [-0.2, -0.15) is 0 Å². The number of amides is 1. The Labute approximate surface area is 167 Å². The lowest BCUT2D eigenvalue weighted by Gasteiger charge is -2.33. The highest BCUT2D eigenvalue weighted by Gasteiger charge is 2.25. The van der Waals surface area contributed by atoms with Crippen molar-refractivity contribution in [2.24, 2.45) is 5.92 Å². The number of rotatable bonds is 5. The van der Waals surface area contributed by atoms with Crippen LogP contribution in [0.5, 0.6) is 5.75 Å². The molecule has 28 heavy (non-hydrogen) atoms. The number of hydrogen-bond acceptors (Lipinski definition) is 3. The number of aryl methyl sites for hydroxylation is 1. The average molecular weight is 379 g/mol. The lowest BCUT2D eigenvalue weighted by molar-refractivity contribution is -0.120. The first-order chi connectivity index (χ1) is 13.7. The molecule has 1 aliphatic heterocycles. The van der Waals surface area contributed by atoms with Crippen LogP contribution in [0.1, 0.15) is 44.1 Å². The topological polar surface area (TPSA) is 41.6 Å². The van der Waals surface area contributed by atoms with Crippen LogP contribution in [-0.2, 0) is 4.79 Å². The minimum Gasteiger partial charge on any atom is -0.490 e. The van der Waals surface area contributed by atoms with E-state index in [1.165, 1.54) is 24.1 Å². The van der Waals surface area contributed by atoms with E-state index in [2.05, 4.69) is 41.4 Å². The van der Waals surface area contributed by atoms with Crippen molar-refractivity contribution in [2.45, 2.75) is 51.6 Å². The molecule has 4 nitrogen and oxygen atoms in total. The Bertz CT molecular complexity index is 771. The van der Waals surface area contributed by atoms with Crippen LogP contribution >= 0.6 is 0 Å². The number of benzene rings is 2. The van der Waals surface area contributed by atoms with Crippen LogP contribution in [0.3, 0.4) is 0 Å². The second kappa shape index (κ2) is 8.68. The molecular weight excluding hydrogens is 348 g/mol. The van der Waals surface area contributed by atoms with Gasteiger partial charge in [0.1, 0.15) is 5.75 Å².